The molecule has 0 spiro atoms. The van der Waals surface area contributed by atoms with Gasteiger partial charge in [0.15, 0.2) is 0 Å². The van der Waals surface area contributed by atoms with Crippen molar-refractivity contribution in [3.05, 3.63) is 35.1 Å². The van der Waals surface area contributed by atoms with Gasteiger partial charge in [-0.2, -0.15) is 0 Å². The van der Waals surface area contributed by atoms with Crippen molar-refractivity contribution >= 4 is 11.9 Å². The van der Waals surface area contributed by atoms with E-state index in [1.54, 1.807) is 19.1 Å². The van der Waals surface area contributed by atoms with Crippen LogP contribution in [0.1, 0.15) is 48.5 Å². The molecule has 2 atom stereocenters. The molecule has 114 valence electrons. The Hall–Kier alpha value is -1.91. The van der Waals surface area contributed by atoms with E-state index in [9.17, 15) is 19.1 Å². The van der Waals surface area contributed by atoms with E-state index in [1.165, 1.54) is 6.07 Å². The number of amides is 1. The number of aliphatic carboxylic acids is 1. The number of carbonyl (C=O) groups is 2. The van der Waals surface area contributed by atoms with Gasteiger partial charge in [-0.25, -0.2) is 9.18 Å². The highest BCUT2D eigenvalue weighted by Gasteiger charge is 2.46. The van der Waals surface area contributed by atoms with Crippen LogP contribution in [0.25, 0.3) is 0 Å². The Morgan fingerprint density at radius 3 is 2.71 bits per heavy atom. The molecule has 1 aromatic carbocycles. The summed E-state index contributed by atoms with van der Waals surface area (Å²) in [5.74, 6) is -2.48. The summed E-state index contributed by atoms with van der Waals surface area (Å²) in [6.07, 6.45) is 2.81. The number of carboxylic acid groups (broad SMARTS) is 1. The van der Waals surface area contributed by atoms with E-state index < -0.39 is 23.2 Å². The van der Waals surface area contributed by atoms with Crippen LogP contribution in [0.3, 0.4) is 0 Å². The normalized spacial score (nSPS) is 25.4. The summed E-state index contributed by atoms with van der Waals surface area (Å²) in [5, 5.41) is 12.2. The summed E-state index contributed by atoms with van der Waals surface area (Å²) in [6.45, 7) is 3.39. The number of rotatable bonds is 3. The van der Waals surface area contributed by atoms with Crippen molar-refractivity contribution in [3.63, 3.8) is 0 Å². The van der Waals surface area contributed by atoms with Gasteiger partial charge in [0.25, 0.3) is 5.91 Å². The molecule has 0 radical (unpaired) electrons. The Kier molecular flexibility index (Phi) is 4.30. The summed E-state index contributed by atoms with van der Waals surface area (Å²) in [6, 6.07) is 4.54. The highest BCUT2D eigenvalue weighted by Crippen LogP contribution is 2.34. The second-order valence-electron chi connectivity index (χ2n) is 5.81. The molecule has 0 saturated heterocycles. The highest BCUT2D eigenvalue weighted by atomic mass is 19.1. The second kappa shape index (κ2) is 5.84. The minimum absolute atomic E-state index is 0.103. The molecule has 0 bridgehead atoms. The van der Waals surface area contributed by atoms with Crippen molar-refractivity contribution in [1.82, 2.24) is 5.32 Å². The third-order valence-corrected chi connectivity index (χ3v) is 4.45. The molecule has 4 nitrogen and oxygen atoms in total. The number of carboxylic acids is 1. The Morgan fingerprint density at radius 1 is 1.38 bits per heavy atom. The first kappa shape index (κ1) is 15.5. The molecule has 1 aromatic rings. The van der Waals surface area contributed by atoms with Crippen LogP contribution in [0.2, 0.25) is 0 Å². The van der Waals surface area contributed by atoms with Crippen molar-refractivity contribution in [3.8, 4) is 0 Å². The second-order valence-corrected chi connectivity index (χ2v) is 5.81. The van der Waals surface area contributed by atoms with Gasteiger partial charge in [0, 0.05) is 0 Å². The van der Waals surface area contributed by atoms with Crippen molar-refractivity contribution in [1.29, 1.82) is 0 Å². The van der Waals surface area contributed by atoms with Crippen LogP contribution in [0, 0.1) is 18.7 Å². The number of nitrogens with one attached hydrogen (secondary N) is 1. The summed E-state index contributed by atoms with van der Waals surface area (Å²) < 4.78 is 14.0. The number of halogens is 1. The van der Waals surface area contributed by atoms with Crippen LogP contribution in [0.15, 0.2) is 18.2 Å². The predicted molar refractivity (Wildman–Crippen MR) is 76.6 cm³/mol. The zero-order valence-corrected chi connectivity index (χ0v) is 12.3. The van der Waals surface area contributed by atoms with Crippen LogP contribution in [-0.2, 0) is 4.79 Å². The van der Waals surface area contributed by atoms with Crippen molar-refractivity contribution in [2.75, 3.05) is 0 Å². The molecule has 2 N–H and O–H groups in total. The van der Waals surface area contributed by atoms with Gasteiger partial charge >= 0.3 is 5.97 Å². The van der Waals surface area contributed by atoms with Crippen LogP contribution >= 0.6 is 0 Å². The lowest BCUT2D eigenvalue weighted by Gasteiger charge is -2.39. The molecular weight excluding hydrogens is 273 g/mol. The maximum Gasteiger partial charge on any atom is 0.329 e. The zero-order valence-electron chi connectivity index (χ0n) is 12.3. The van der Waals surface area contributed by atoms with Gasteiger partial charge in [0.2, 0.25) is 0 Å². The standard InChI is InChI=1S/C16H20FNO3/c1-10-6-5-8-12(13(10)17)14(19)18-16(15(20)21)9-4-3-7-11(16)2/h5-6,8,11H,3-4,7,9H2,1-2H3,(H,18,19)(H,20,21). The predicted octanol–water partition coefficient (Wildman–Crippen LogP) is 2.90. The smallest absolute Gasteiger partial charge is 0.329 e. The molecule has 2 unspecified atom stereocenters. The quantitative estimate of drug-likeness (QED) is 0.900. The van der Waals surface area contributed by atoms with Gasteiger partial charge in [0.05, 0.1) is 5.56 Å². The Morgan fingerprint density at radius 2 is 2.10 bits per heavy atom. The average molecular weight is 293 g/mol. The first-order valence-corrected chi connectivity index (χ1v) is 7.19. The third kappa shape index (κ3) is 2.77. The van der Waals surface area contributed by atoms with Crippen LogP contribution in [0.4, 0.5) is 4.39 Å². The van der Waals surface area contributed by atoms with Crippen LogP contribution in [-0.4, -0.2) is 22.5 Å². The number of hydrogen-bond acceptors (Lipinski definition) is 2. The van der Waals surface area contributed by atoms with Gasteiger partial charge in [-0.05, 0) is 37.3 Å². The third-order valence-electron chi connectivity index (χ3n) is 4.45. The molecule has 0 heterocycles. The zero-order chi connectivity index (χ0) is 15.6. The molecule has 1 fully saturated rings. The van der Waals surface area contributed by atoms with E-state index in [4.69, 9.17) is 0 Å². The van der Waals surface area contributed by atoms with E-state index in [2.05, 4.69) is 5.32 Å². The number of benzene rings is 1. The largest absolute Gasteiger partial charge is 0.479 e. The molecular formula is C16H20FNO3. The number of aryl methyl sites for hydroxylation is 1. The topological polar surface area (TPSA) is 66.4 Å². The van der Waals surface area contributed by atoms with E-state index in [0.29, 0.717) is 12.0 Å². The molecule has 1 aliphatic carbocycles. The van der Waals surface area contributed by atoms with Gasteiger partial charge in [-0.3, -0.25) is 4.79 Å². The molecule has 0 aliphatic heterocycles. The molecule has 1 aliphatic rings. The van der Waals surface area contributed by atoms with Gasteiger partial charge in [0.1, 0.15) is 11.4 Å². The van der Waals surface area contributed by atoms with E-state index in [1.807, 2.05) is 6.92 Å². The number of hydrogen-bond donors (Lipinski definition) is 2. The fourth-order valence-corrected chi connectivity index (χ4v) is 3.00. The first-order chi connectivity index (χ1) is 9.88. The minimum atomic E-state index is -1.30. The van der Waals surface area contributed by atoms with E-state index in [-0.39, 0.29) is 11.5 Å². The highest BCUT2D eigenvalue weighted by molar-refractivity contribution is 5.98. The molecule has 1 saturated carbocycles. The summed E-state index contributed by atoms with van der Waals surface area (Å²) in [5.41, 5.74) is -1.04. The fraction of sp³-hybridized carbons (Fsp3) is 0.500. The van der Waals surface area contributed by atoms with E-state index in [0.717, 1.165) is 19.3 Å². The van der Waals surface area contributed by atoms with Gasteiger partial charge in [-0.15, -0.1) is 0 Å². The molecule has 0 aromatic heterocycles. The molecule has 1 amide bonds. The lowest BCUT2D eigenvalue weighted by Crippen LogP contribution is -2.60. The lowest BCUT2D eigenvalue weighted by atomic mass is 9.73. The monoisotopic (exact) mass is 293 g/mol. The number of carbonyl (C=O) groups excluding carboxylic acids is 1. The van der Waals surface area contributed by atoms with Crippen LogP contribution < -0.4 is 5.32 Å². The summed E-state index contributed by atoms with van der Waals surface area (Å²) in [7, 11) is 0. The maximum absolute atomic E-state index is 14.0. The summed E-state index contributed by atoms with van der Waals surface area (Å²) >= 11 is 0. The maximum atomic E-state index is 14.0. The van der Waals surface area contributed by atoms with Crippen molar-refractivity contribution in [2.45, 2.75) is 45.1 Å². The van der Waals surface area contributed by atoms with Gasteiger partial charge in [-0.1, -0.05) is 31.9 Å². The fourth-order valence-electron chi connectivity index (χ4n) is 3.00. The molecule has 21 heavy (non-hydrogen) atoms. The SMILES string of the molecule is Cc1cccc(C(=O)NC2(C(=O)O)CCCCC2C)c1F. The van der Waals surface area contributed by atoms with Crippen LogP contribution in [0.5, 0.6) is 0 Å². The molecule has 2 rings (SSSR count). The van der Waals surface area contributed by atoms with Gasteiger partial charge < -0.3 is 10.4 Å². The average Bonchev–Trinajstić information content (AvgIpc) is 2.44. The van der Waals surface area contributed by atoms with E-state index >= 15 is 0 Å². The Labute approximate surface area is 123 Å². The minimum Gasteiger partial charge on any atom is -0.479 e. The summed E-state index contributed by atoms with van der Waals surface area (Å²) in [4.78, 5) is 24.0. The lowest BCUT2D eigenvalue weighted by molar-refractivity contribution is -0.148. The van der Waals surface area contributed by atoms with Crippen molar-refractivity contribution < 1.29 is 19.1 Å². The Bertz CT molecular complexity index is 573. The molecule has 5 heteroatoms. The first-order valence-electron chi connectivity index (χ1n) is 7.19. The van der Waals surface area contributed by atoms with Crippen molar-refractivity contribution in [2.24, 2.45) is 5.92 Å². The Balaban J connectivity index is 2.31.